The first-order chi connectivity index (χ1) is 34.7. The van der Waals surface area contributed by atoms with Crippen LogP contribution in [-0.2, 0) is 32.5 Å². The quantitative estimate of drug-likeness (QED) is 0.145. The largest absolute Gasteiger partial charge is 0.847 e. The summed E-state index contributed by atoms with van der Waals surface area (Å²) in [5.41, 5.74) is 26.7. The van der Waals surface area contributed by atoms with Gasteiger partial charge in [0.1, 0.15) is 0 Å². The van der Waals surface area contributed by atoms with Crippen LogP contribution in [0.5, 0.6) is 0 Å². The number of fused-ring (bicyclic) bond motifs is 23. The lowest BCUT2D eigenvalue weighted by molar-refractivity contribution is -0.334. The number of hydrogen-bond acceptors (Lipinski definition) is 0. The van der Waals surface area contributed by atoms with Crippen LogP contribution in [-0.4, -0.2) is 21.9 Å². The zero-order chi connectivity index (χ0) is 50.7. The van der Waals surface area contributed by atoms with Gasteiger partial charge in [-0.1, -0.05) is 229 Å². The predicted molar refractivity (Wildman–Crippen MR) is 301 cm³/mol. The van der Waals surface area contributed by atoms with Crippen molar-refractivity contribution in [1.82, 2.24) is 4.48 Å². The molecule has 3 heterocycles. The first-order valence-electron chi connectivity index (χ1n) is 26.6. The molecule has 0 fully saturated rings. The molecule has 2 spiro atoms. The molecule has 0 saturated carbocycles. The minimum Gasteiger partial charge on any atom is -0.285 e. The highest BCUT2D eigenvalue weighted by Crippen LogP contribution is 2.67. The van der Waals surface area contributed by atoms with Crippen molar-refractivity contribution in [3.05, 3.63) is 253 Å². The molecule has 0 bridgehead atoms. The summed E-state index contributed by atoms with van der Waals surface area (Å²) in [6.07, 6.45) is 2.39. The van der Waals surface area contributed by atoms with Gasteiger partial charge in [-0.2, -0.15) is 0 Å². The van der Waals surface area contributed by atoms with Gasteiger partial charge in [0.15, 0.2) is 11.4 Å². The number of halogens is 1. The number of benzene rings is 7. The Hall–Kier alpha value is -7.04. The summed E-state index contributed by atoms with van der Waals surface area (Å²) in [7, 11) is -1.55. The fourth-order valence-corrected chi connectivity index (χ4v) is 14.2. The van der Waals surface area contributed by atoms with E-state index < -0.39 is 18.1 Å². The van der Waals surface area contributed by atoms with Crippen LogP contribution in [0.3, 0.4) is 0 Å². The van der Waals surface area contributed by atoms with Crippen molar-refractivity contribution in [2.24, 2.45) is 0 Å². The number of nitrogens with zero attached hydrogens (tertiary/aromatic N) is 2. The van der Waals surface area contributed by atoms with E-state index in [9.17, 15) is 0 Å². The highest BCUT2D eigenvalue weighted by molar-refractivity contribution is 6.46. The second-order valence-electron chi connectivity index (χ2n) is 26.0. The van der Waals surface area contributed by atoms with Crippen molar-refractivity contribution < 1.29 is 8.80 Å². The molecule has 0 unspecified atom stereocenters. The van der Waals surface area contributed by atoms with E-state index in [2.05, 4.69) is 256 Å². The molecule has 358 valence electrons. The van der Waals surface area contributed by atoms with Gasteiger partial charge < -0.3 is 0 Å². The Labute approximate surface area is 431 Å². The maximum Gasteiger partial charge on any atom is 0.847 e. The van der Waals surface area contributed by atoms with Gasteiger partial charge in [-0.05, 0) is 123 Å². The second-order valence-corrected chi connectivity index (χ2v) is 26.0. The maximum absolute atomic E-state index is 19.6. The molecule has 7 aromatic carbocycles. The molecule has 8 aromatic rings. The summed E-state index contributed by atoms with van der Waals surface area (Å²) in [5.74, 6) is 0. The molecule has 14 rings (SSSR count). The van der Waals surface area contributed by atoms with E-state index in [1.807, 2.05) is 0 Å². The van der Waals surface area contributed by atoms with E-state index in [4.69, 9.17) is 0 Å². The molecule has 1 aromatic heterocycles. The molecule has 4 heteroatoms. The fourth-order valence-electron chi connectivity index (χ4n) is 14.2. The standard InChI is InChI=1S/C69H63BFN2/c1-64(2,3)41-26-30-53-47(34-41)48-35-42(65(4,5)6)27-31-54(48)68(53)51-24-18-16-22-45(51)62-57(68)38-59-61(40-20-14-13-15-21-40)60-39-58-63(73(60)70(71)72(59)62)46-23-17-19-25-52(46)69(58)55-32-28-43(66(7,8)9)36-49(55)50-37-44(67(10,11)12)29-33-56(50)69/h13-39H,1-12H3/q+1. The summed E-state index contributed by atoms with van der Waals surface area (Å²) in [4.78, 5) is 0. The van der Waals surface area contributed by atoms with Gasteiger partial charge in [-0.15, -0.1) is 0 Å². The van der Waals surface area contributed by atoms with Crippen molar-refractivity contribution in [3.63, 3.8) is 0 Å². The lowest BCUT2D eigenvalue weighted by atomic mass is 9.69. The fraction of sp³-hybridized carbons (Fsp3) is 0.261. The number of hydrogen-bond donors (Lipinski definition) is 0. The Morgan fingerprint density at radius 1 is 0.411 bits per heavy atom. The Kier molecular flexibility index (Phi) is 8.67. The Bertz CT molecular complexity index is 3770. The normalized spacial score (nSPS) is 17.0. The highest BCUT2D eigenvalue weighted by atomic mass is 19.1. The molecule has 2 aliphatic heterocycles. The van der Waals surface area contributed by atoms with Gasteiger partial charge >= 0.3 is 7.26 Å². The molecular weight excluding hydrogens is 887 g/mol. The molecule has 0 radical (unpaired) electrons. The Morgan fingerprint density at radius 3 is 1.27 bits per heavy atom. The molecule has 2 nitrogen and oxygen atoms in total. The highest BCUT2D eigenvalue weighted by Gasteiger charge is 2.65. The summed E-state index contributed by atoms with van der Waals surface area (Å²) in [6, 6.07) is 59.8. The zero-order valence-corrected chi connectivity index (χ0v) is 44.4. The lowest BCUT2D eigenvalue weighted by Gasteiger charge is -2.30. The molecule has 0 N–H and O–H groups in total. The van der Waals surface area contributed by atoms with Crippen LogP contribution < -0.4 is 0 Å². The molecule has 0 saturated heterocycles. The topological polar surface area (TPSA) is 7.94 Å². The van der Waals surface area contributed by atoms with Crippen LogP contribution in [0.15, 0.2) is 175 Å². The average molecular weight is 950 g/mol. The second kappa shape index (κ2) is 14.2. The van der Waals surface area contributed by atoms with E-state index in [1.165, 1.54) is 77.9 Å². The number of allylic oxidation sites excluding steroid dienone is 2. The van der Waals surface area contributed by atoms with Gasteiger partial charge in [0.25, 0.3) is 0 Å². The lowest BCUT2D eigenvalue weighted by Crippen LogP contribution is -2.41. The van der Waals surface area contributed by atoms with Crippen molar-refractivity contribution in [3.8, 4) is 33.5 Å². The van der Waals surface area contributed by atoms with E-state index in [1.54, 1.807) is 0 Å². The van der Waals surface area contributed by atoms with Gasteiger partial charge in [0.2, 0.25) is 0 Å². The van der Waals surface area contributed by atoms with E-state index >= 15 is 4.32 Å². The van der Waals surface area contributed by atoms with Crippen molar-refractivity contribution in [2.75, 3.05) is 0 Å². The third-order valence-electron chi connectivity index (χ3n) is 17.8. The first kappa shape index (κ1) is 44.6. The van der Waals surface area contributed by atoms with Crippen LogP contribution >= 0.6 is 0 Å². The Morgan fingerprint density at radius 2 is 0.808 bits per heavy atom. The van der Waals surface area contributed by atoms with E-state index in [0.29, 0.717) is 0 Å². The zero-order valence-electron chi connectivity index (χ0n) is 44.4. The van der Waals surface area contributed by atoms with Crippen molar-refractivity contribution in [1.29, 1.82) is 0 Å². The average Bonchev–Trinajstić information content (AvgIpc) is 4.18. The molecule has 6 aliphatic rings. The minimum absolute atomic E-state index is 0.0418. The monoisotopic (exact) mass is 950 g/mol. The van der Waals surface area contributed by atoms with Crippen molar-refractivity contribution in [2.45, 2.75) is 116 Å². The molecular formula is C69H63BFN2+. The molecule has 73 heavy (non-hydrogen) atoms. The summed E-state index contributed by atoms with van der Waals surface area (Å²) >= 11 is 0. The van der Waals surface area contributed by atoms with E-state index in [0.717, 1.165) is 56.2 Å². The summed E-state index contributed by atoms with van der Waals surface area (Å²) in [6.45, 7) is 27.7. The maximum atomic E-state index is 19.6. The van der Waals surface area contributed by atoms with Crippen molar-refractivity contribution >= 4 is 18.5 Å². The van der Waals surface area contributed by atoms with Crippen LogP contribution in [0.4, 0.5) is 4.32 Å². The third-order valence-corrected chi connectivity index (χ3v) is 17.8. The van der Waals surface area contributed by atoms with Gasteiger partial charge in [0.05, 0.1) is 22.1 Å². The van der Waals surface area contributed by atoms with E-state index in [-0.39, 0.29) is 21.7 Å². The predicted octanol–water partition coefficient (Wildman–Crippen LogP) is 16.4. The van der Waals surface area contributed by atoms with Crippen LogP contribution in [0.25, 0.3) is 39.1 Å². The first-order valence-corrected chi connectivity index (χ1v) is 26.6. The summed E-state index contributed by atoms with van der Waals surface area (Å²) < 4.78 is 23.8. The van der Waals surface area contributed by atoms with Crippen LogP contribution in [0, 0.1) is 0 Å². The van der Waals surface area contributed by atoms with Crippen LogP contribution in [0.2, 0.25) is 0 Å². The Balaban J connectivity index is 1.09. The molecule has 4 aliphatic carbocycles. The SMILES string of the molecule is CC(C)(C)c1ccc2c(c1)-c1cc(C(C)(C)C)ccc1C21C2=CC3=C(c4ccccc4)c4cc5c(n4B(F)[N+]3=C2c2ccccc21)-c1ccccc1C51c2ccc(C(C)(C)C)cc2-c2cc(C(C)(C)C)ccc21. The smallest absolute Gasteiger partial charge is 0.285 e. The third kappa shape index (κ3) is 5.57. The minimum atomic E-state index is -1.55. The molecule has 0 amide bonds. The van der Waals surface area contributed by atoms with Gasteiger partial charge in [-0.3, -0.25) is 4.48 Å². The number of aromatic nitrogens is 1. The summed E-state index contributed by atoms with van der Waals surface area (Å²) in [5, 5.41) is 0. The molecule has 0 atom stereocenters. The van der Waals surface area contributed by atoms with Gasteiger partial charge in [-0.25, -0.2) is 8.80 Å². The van der Waals surface area contributed by atoms with Crippen LogP contribution in [0.1, 0.15) is 161 Å². The number of rotatable bonds is 1. The van der Waals surface area contributed by atoms with Gasteiger partial charge in [0, 0.05) is 28.5 Å².